The molecule has 1 amide bonds. The number of nitrogens with zero attached hydrogens (tertiary/aromatic N) is 1. The second kappa shape index (κ2) is 11.7. The van der Waals surface area contributed by atoms with Crippen LogP contribution in [0.3, 0.4) is 0 Å². The summed E-state index contributed by atoms with van der Waals surface area (Å²) < 4.78 is 0. The Hall–Kier alpha value is -0.830. The Labute approximate surface area is 167 Å². The molecule has 1 aromatic rings. The molecule has 0 fully saturated rings. The molecule has 0 radical (unpaired) electrons. The molecule has 5 nitrogen and oxygen atoms in total. The number of nitrogens with one attached hydrogen (secondary N) is 3. The number of carbonyl (C=O) groups is 1. The zero-order chi connectivity index (χ0) is 17.3. The number of hydrogen-bond acceptors (Lipinski definition) is 3. The van der Waals surface area contributed by atoms with E-state index >= 15 is 0 Å². The Morgan fingerprint density at radius 3 is 2.46 bits per heavy atom. The summed E-state index contributed by atoms with van der Waals surface area (Å²) in [6.07, 6.45) is 0. The summed E-state index contributed by atoms with van der Waals surface area (Å²) in [7, 11) is 0. The summed E-state index contributed by atoms with van der Waals surface area (Å²) in [5.41, 5.74) is -0.516. The van der Waals surface area contributed by atoms with Crippen LogP contribution in [-0.2, 0) is 4.79 Å². The summed E-state index contributed by atoms with van der Waals surface area (Å²) in [6.45, 7) is 12.7. The molecule has 0 saturated heterocycles. The lowest BCUT2D eigenvalue weighted by Crippen LogP contribution is -2.42. The maximum atomic E-state index is 12.0. The lowest BCUT2D eigenvalue weighted by atomic mass is 9.92. The minimum atomic E-state index is -0.516. The fourth-order valence-corrected chi connectivity index (χ4v) is 2.80. The van der Waals surface area contributed by atoms with Crippen LogP contribution in [0.4, 0.5) is 0 Å². The average Bonchev–Trinajstić information content (AvgIpc) is 3.04. The highest BCUT2D eigenvalue weighted by atomic mass is 127. The highest BCUT2D eigenvalue weighted by Gasteiger charge is 2.26. The van der Waals surface area contributed by atoms with E-state index in [1.807, 2.05) is 27.7 Å². The first-order valence-electron chi connectivity index (χ1n) is 8.24. The summed E-state index contributed by atoms with van der Waals surface area (Å²) >= 11 is 1.77. The number of thiophene rings is 1. The molecule has 0 aliphatic carbocycles. The van der Waals surface area contributed by atoms with Crippen molar-refractivity contribution in [1.29, 1.82) is 0 Å². The van der Waals surface area contributed by atoms with Gasteiger partial charge in [0.1, 0.15) is 0 Å². The molecule has 0 saturated carbocycles. The van der Waals surface area contributed by atoms with Crippen molar-refractivity contribution in [2.75, 3.05) is 26.2 Å². The number of rotatable bonds is 8. The Balaban J connectivity index is 0.00000529. The van der Waals surface area contributed by atoms with Crippen LogP contribution < -0.4 is 16.0 Å². The fraction of sp³-hybridized carbons (Fsp3) is 0.647. The molecule has 138 valence electrons. The monoisotopic (exact) mass is 466 g/mol. The first-order valence-corrected chi connectivity index (χ1v) is 9.12. The van der Waals surface area contributed by atoms with Crippen molar-refractivity contribution in [3.63, 3.8) is 0 Å². The first-order chi connectivity index (χ1) is 10.9. The topological polar surface area (TPSA) is 65.5 Å². The van der Waals surface area contributed by atoms with E-state index in [2.05, 4.69) is 45.4 Å². The fourth-order valence-electron chi connectivity index (χ4n) is 2.01. The Morgan fingerprint density at radius 2 is 1.92 bits per heavy atom. The van der Waals surface area contributed by atoms with E-state index in [0.29, 0.717) is 19.0 Å². The van der Waals surface area contributed by atoms with Gasteiger partial charge < -0.3 is 16.0 Å². The number of amides is 1. The zero-order valence-electron chi connectivity index (χ0n) is 15.3. The summed E-state index contributed by atoms with van der Waals surface area (Å²) in [5.74, 6) is 1.22. The standard InChI is InChI=1S/C17H30N4OS.HI/c1-6-18-15(22)17(4,5)12-21-16(19-7-2)20-11-13(3)14-9-8-10-23-14;/h8-10,13H,6-7,11-12H2,1-5H3,(H,18,22)(H2,19,20,21);1H. The SMILES string of the molecule is CCNC(=O)C(C)(C)CN=C(NCC)NCC(C)c1cccs1.I. The molecule has 24 heavy (non-hydrogen) atoms. The maximum Gasteiger partial charge on any atom is 0.227 e. The molecular formula is C17H31IN4OS. The maximum absolute atomic E-state index is 12.0. The smallest absolute Gasteiger partial charge is 0.227 e. The van der Waals surface area contributed by atoms with Crippen molar-refractivity contribution in [3.05, 3.63) is 22.4 Å². The molecule has 3 N–H and O–H groups in total. The van der Waals surface area contributed by atoms with Crippen LogP contribution >= 0.6 is 35.3 Å². The van der Waals surface area contributed by atoms with Gasteiger partial charge in [-0.2, -0.15) is 0 Å². The third-order valence-corrected chi connectivity index (χ3v) is 4.64. The predicted molar refractivity (Wildman–Crippen MR) is 115 cm³/mol. The van der Waals surface area contributed by atoms with Crippen LogP contribution in [0.15, 0.2) is 22.5 Å². The van der Waals surface area contributed by atoms with Crippen LogP contribution in [0.1, 0.15) is 45.4 Å². The third-order valence-electron chi connectivity index (χ3n) is 3.53. The van der Waals surface area contributed by atoms with E-state index in [0.717, 1.165) is 19.0 Å². The number of carbonyl (C=O) groups excluding carboxylic acids is 1. The quantitative estimate of drug-likeness (QED) is 0.313. The number of guanidine groups is 1. The molecule has 1 heterocycles. The van der Waals surface area contributed by atoms with E-state index in [4.69, 9.17) is 0 Å². The van der Waals surface area contributed by atoms with Crippen LogP contribution in [-0.4, -0.2) is 38.0 Å². The molecule has 1 unspecified atom stereocenters. The highest BCUT2D eigenvalue weighted by molar-refractivity contribution is 14.0. The molecule has 7 heteroatoms. The predicted octanol–water partition coefficient (Wildman–Crippen LogP) is 3.19. The summed E-state index contributed by atoms with van der Waals surface area (Å²) in [6, 6.07) is 4.23. The lowest BCUT2D eigenvalue weighted by molar-refractivity contribution is -0.128. The Kier molecular flexibility index (Phi) is 11.3. The van der Waals surface area contributed by atoms with Crippen LogP contribution in [0, 0.1) is 5.41 Å². The highest BCUT2D eigenvalue weighted by Crippen LogP contribution is 2.19. The molecule has 0 aliphatic rings. The van der Waals surface area contributed by atoms with E-state index in [1.54, 1.807) is 11.3 Å². The second-order valence-corrected chi connectivity index (χ2v) is 7.22. The van der Waals surface area contributed by atoms with Gasteiger partial charge in [0.2, 0.25) is 5.91 Å². The number of aliphatic imine (C=N–C) groups is 1. The van der Waals surface area contributed by atoms with Gasteiger partial charge in [-0.1, -0.05) is 13.0 Å². The van der Waals surface area contributed by atoms with Crippen molar-refractivity contribution >= 4 is 47.2 Å². The van der Waals surface area contributed by atoms with Crippen molar-refractivity contribution in [2.45, 2.75) is 40.5 Å². The van der Waals surface area contributed by atoms with Gasteiger partial charge >= 0.3 is 0 Å². The van der Waals surface area contributed by atoms with Gasteiger partial charge in [0.25, 0.3) is 0 Å². The lowest BCUT2D eigenvalue weighted by Gasteiger charge is -2.22. The van der Waals surface area contributed by atoms with Gasteiger partial charge in [0.05, 0.1) is 12.0 Å². The molecule has 1 aromatic heterocycles. The molecule has 0 spiro atoms. The largest absolute Gasteiger partial charge is 0.357 e. The van der Waals surface area contributed by atoms with Crippen LogP contribution in [0.5, 0.6) is 0 Å². The minimum Gasteiger partial charge on any atom is -0.357 e. The molecule has 1 rings (SSSR count). The van der Waals surface area contributed by atoms with Gasteiger partial charge in [-0.05, 0) is 39.1 Å². The van der Waals surface area contributed by atoms with Crippen molar-refractivity contribution in [2.24, 2.45) is 10.4 Å². The summed E-state index contributed by atoms with van der Waals surface area (Å²) in [5, 5.41) is 11.6. The van der Waals surface area contributed by atoms with E-state index in [9.17, 15) is 4.79 Å². The molecule has 0 aliphatic heterocycles. The zero-order valence-corrected chi connectivity index (χ0v) is 18.5. The van der Waals surface area contributed by atoms with E-state index < -0.39 is 5.41 Å². The van der Waals surface area contributed by atoms with Gasteiger partial charge in [-0.3, -0.25) is 9.79 Å². The number of halogens is 1. The molecule has 0 bridgehead atoms. The Bertz CT molecular complexity index is 503. The number of hydrogen-bond donors (Lipinski definition) is 3. The van der Waals surface area contributed by atoms with Crippen molar-refractivity contribution in [1.82, 2.24) is 16.0 Å². The van der Waals surface area contributed by atoms with Gasteiger partial charge in [-0.15, -0.1) is 35.3 Å². The molecule has 0 aromatic carbocycles. The third kappa shape index (κ3) is 7.83. The van der Waals surface area contributed by atoms with Gasteiger partial charge in [-0.25, -0.2) is 0 Å². The minimum absolute atomic E-state index is 0. The van der Waals surface area contributed by atoms with Gasteiger partial charge in [0.15, 0.2) is 5.96 Å². The molecule has 1 atom stereocenters. The van der Waals surface area contributed by atoms with Crippen LogP contribution in [0.25, 0.3) is 0 Å². The first kappa shape index (κ1) is 23.2. The average molecular weight is 466 g/mol. The van der Waals surface area contributed by atoms with E-state index in [1.165, 1.54) is 4.88 Å². The summed E-state index contributed by atoms with van der Waals surface area (Å²) in [4.78, 5) is 18.0. The normalized spacial score (nSPS) is 13.0. The van der Waals surface area contributed by atoms with Crippen molar-refractivity contribution in [3.8, 4) is 0 Å². The van der Waals surface area contributed by atoms with E-state index in [-0.39, 0.29) is 29.9 Å². The second-order valence-electron chi connectivity index (χ2n) is 6.24. The van der Waals surface area contributed by atoms with Crippen molar-refractivity contribution < 1.29 is 4.79 Å². The van der Waals surface area contributed by atoms with Gasteiger partial charge in [0, 0.05) is 30.4 Å². The van der Waals surface area contributed by atoms with Crippen LogP contribution in [0.2, 0.25) is 0 Å². The molecular weight excluding hydrogens is 435 g/mol. The Morgan fingerprint density at radius 1 is 1.25 bits per heavy atom.